The van der Waals surface area contributed by atoms with E-state index in [0.717, 1.165) is 5.92 Å². The van der Waals surface area contributed by atoms with Crippen LogP contribution in [0.25, 0.3) is 0 Å². The molecule has 0 radical (unpaired) electrons. The van der Waals surface area contributed by atoms with Gasteiger partial charge in [0.2, 0.25) is 0 Å². The lowest BCUT2D eigenvalue weighted by Crippen LogP contribution is -2.36. The number of nitrogens with one attached hydrogen (secondary N) is 1. The number of rotatable bonds is 4. The summed E-state index contributed by atoms with van der Waals surface area (Å²) in [5, 5.41) is 3.76. The zero-order chi connectivity index (χ0) is 12.4. The summed E-state index contributed by atoms with van der Waals surface area (Å²) < 4.78 is 0. The van der Waals surface area contributed by atoms with Crippen molar-refractivity contribution in [2.24, 2.45) is 0 Å². The maximum Gasteiger partial charge on any atom is 0.0435 e. The highest BCUT2D eigenvalue weighted by atomic mass is 15.0. The van der Waals surface area contributed by atoms with E-state index in [1.54, 1.807) is 5.56 Å². The molecule has 1 heterocycles. The third kappa shape index (κ3) is 2.09. The summed E-state index contributed by atoms with van der Waals surface area (Å²) in [5.74, 6) is 0.859. The lowest BCUT2D eigenvalue weighted by molar-refractivity contribution is 0.355. The van der Waals surface area contributed by atoms with E-state index >= 15 is 0 Å². The summed E-state index contributed by atoms with van der Waals surface area (Å²) in [6, 6.07) is 9.55. The predicted molar refractivity (Wildman–Crippen MR) is 76.9 cm³/mol. The molecule has 1 aromatic rings. The van der Waals surface area contributed by atoms with E-state index in [0.29, 0.717) is 0 Å². The molecule has 98 valence electrons. The second-order valence-corrected chi connectivity index (χ2v) is 6.11. The first kappa shape index (κ1) is 12.2. The van der Waals surface area contributed by atoms with Crippen molar-refractivity contribution in [2.45, 2.75) is 63.3 Å². The first-order chi connectivity index (χ1) is 8.84. The Morgan fingerprint density at radius 3 is 2.44 bits per heavy atom. The van der Waals surface area contributed by atoms with Gasteiger partial charge in [-0.15, -0.1) is 0 Å². The minimum Gasteiger partial charge on any atom is -0.307 e. The average Bonchev–Trinajstić information content (AvgIpc) is 2.78. The Bertz CT molecular complexity index is 383. The molecule has 3 rings (SSSR count). The van der Waals surface area contributed by atoms with Crippen LogP contribution in [0.3, 0.4) is 0 Å². The van der Waals surface area contributed by atoms with E-state index in [9.17, 15) is 0 Å². The van der Waals surface area contributed by atoms with Crippen LogP contribution in [0.5, 0.6) is 0 Å². The summed E-state index contributed by atoms with van der Waals surface area (Å²) in [6.45, 7) is 3.48. The van der Waals surface area contributed by atoms with Crippen molar-refractivity contribution in [1.82, 2.24) is 5.32 Å². The summed E-state index contributed by atoms with van der Waals surface area (Å²) in [7, 11) is 0. The quantitative estimate of drug-likeness (QED) is 0.830. The molecule has 0 bridgehead atoms. The van der Waals surface area contributed by atoms with E-state index in [1.807, 2.05) is 0 Å². The van der Waals surface area contributed by atoms with Crippen LogP contribution >= 0.6 is 0 Å². The summed E-state index contributed by atoms with van der Waals surface area (Å²) in [5.41, 5.74) is 3.37. The number of hydrogen-bond donors (Lipinski definition) is 1. The highest BCUT2D eigenvalue weighted by molar-refractivity contribution is 5.32. The Labute approximate surface area is 111 Å². The van der Waals surface area contributed by atoms with Crippen LogP contribution in [-0.4, -0.2) is 6.54 Å². The van der Waals surface area contributed by atoms with E-state index in [4.69, 9.17) is 0 Å². The molecule has 1 aliphatic heterocycles. The molecule has 1 N–H and O–H groups in total. The second-order valence-electron chi connectivity index (χ2n) is 6.11. The molecule has 2 aliphatic rings. The van der Waals surface area contributed by atoms with Crippen molar-refractivity contribution in [3.63, 3.8) is 0 Å². The molecule has 1 heteroatoms. The third-order valence-corrected chi connectivity index (χ3v) is 4.96. The van der Waals surface area contributed by atoms with Gasteiger partial charge in [0.25, 0.3) is 0 Å². The van der Waals surface area contributed by atoms with Crippen molar-refractivity contribution in [2.75, 3.05) is 6.54 Å². The fourth-order valence-electron chi connectivity index (χ4n) is 3.65. The molecule has 1 aliphatic carbocycles. The van der Waals surface area contributed by atoms with Gasteiger partial charge in [0, 0.05) is 5.54 Å². The van der Waals surface area contributed by atoms with E-state index in [2.05, 4.69) is 36.5 Å². The van der Waals surface area contributed by atoms with Gasteiger partial charge in [0.15, 0.2) is 0 Å². The zero-order valence-electron chi connectivity index (χ0n) is 11.5. The van der Waals surface area contributed by atoms with Gasteiger partial charge in [-0.05, 0) is 55.7 Å². The van der Waals surface area contributed by atoms with Crippen LogP contribution in [-0.2, 0) is 5.54 Å². The summed E-state index contributed by atoms with van der Waals surface area (Å²) in [4.78, 5) is 0. The van der Waals surface area contributed by atoms with Gasteiger partial charge in [0.1, 0.15) is 0 Å². The highest BCUT2D eigenvalue weighted by Gasteiger charge is 2.34. The first-order valence-electron chi connectivity index (χ1n) is 7.69. The van der Waals surface area contributed by atoms with Crippen LogP contribution in [0.2, 0.25) is 0 Å². The Hall–Kier alpha value is -0.820. The Morgan fingerprint density at radius 2 is 1.94 bits per heavy atom. The molecule has 0 spiro atoms. The Morgan fingerprint density at radius 1 is 1.17 bits per heavy atom. The molecular formula is C17H25N. The molecule has 1 atom stereocenters. The van der Waals surface area contributed by atoms with E-state index < -0.39 is 0 Å². The third-order valence-electron chi connectivity index (χ3n) is 4.96. The maximum absolute atomic E-state index is 3.76. The number of hydrogen-bond acceptors (Lipinski definition) is 1. The maximum atomic E-state index is 3.76. The van der Waals surface area contributed by atoms with Gasteiger partial charge < -0.3 is 5.32 Å². The van der Waals surface area contributed by atoms with Gasteiger partial charge in [0.05, 0.1) is 0 Å². The van der Waals surface area contributed by atoms with Gasteiger partial charge in [-0.2, -0.15) is 0 Å². The molecule has 1 nitrogen and oxygen atoms in total. The summed E-state index contributed by atoms with van der Waals surface area (Å²) in [6.07, 6.45) is 9.39. The first-order valence-corrected chi connectivity index (χ1v) is 7.69. The topological polar surface area (TPSA) is 12.0 Å². The molecular weight excluding hydrogens is 218 g/mol. The van der Waals surface area contributed by atoms with Gasteiger partial charge in [-0.3, -0.25) is 0 Å². The van der Waals surface area contributed by atoms with Crippen molar-refractivity contribution in [3.05, 3.63) is 35.4 Å². The van der Waals surface area contributed by atoms with Crippen LogP contribution in [0.15, 0.2) is 24.3 Å². The van der Waals surface area contributed by atoms with Crippen molar-refractivity contribution < 1.29 is 0 Å². The van der Waals surface area contributed by atoms with E-state index in [-0.39, 0.29) is 5.54 Å². The fraction of sp³-hybridized carbons (Fsp3) is 0.647. The highest BCUT2D eigenvalue weighted by Crippen LogP contribution is 2.39. The molecule has 1 unspecified atom stereocenters. The number of benzene rings is 1. The standard InChI is InChI=1S/C17H25N/c1-2-11-17(12-4-13-18-17)16-9-7-15(8-10-16)14-5-3-6-14/h7-10,14,18H,2-6,11-13H2,1H3. The molecule has 1 saturated carbocycles. The fourth-order valence-corrected chi connectivity index (χ4v) is 3.65. The minimum atomic E-state index is 0.285. The van der Waals surface area contributed by atoms with Crippen LogP contribution in [0, 0.1) is 0 Å². The molecule has 1 aromatic carbocycles. The zero-order valence-corrected chi connectivity index (χ0v) is 11.5. The normalized spacial score (nSPS) is 28.3. The molecule has 2 fully saturated rings. The van der Waals surface area contributed by atoms with Gasteiger partial charge in [-0.1, -0.05) is 44.0 Å². The molecule has 1 saturated heterocycles. The largest absolute Gasteiger partial charge is 0.307 e. The van der Waals surface area contributed by atoms with Crippen LogP contribution < -0.4 is 5.32 Å². The lowest BCUT2D eigenvalue weighted by Gasteiger charge is -2.31. The van der Waals surface area contributed by atoms with Crippen LogP contribution in [0.4, 0.5) is 0 Å². The molecule has 0 aromatic heterocycles. The Kier molecular flexibility index (Phi) is 3.43. The SMILES string of the molecule is CCCC1(c2ccc(C3CCC3)cc2)CCCN1. The Balaban J connectivity index is 1.81. The lowest BCUT2D eigenvalue weighted by atomic mass is 9.78. The van der Waals surface area contributed by atoms with Gasteiger partial charge in [-0.25, -0.2) is 0 Å². The average molecular weight is 243 g/mol. The minimum absolute atomic E-state index is 0.285. The summed E-state index contributed by atoms with van der Waals surface area (Å²) >= 11 is 0. The van der Waals surface area contributed by atoms with Gasteiger partial charge >= 0.3 is 0 Å². The smallest absolute Gasteiger partial charge is 0.0435 e. The second kappa shape index (κ2) is 5.05. The van der Waals surface area contributed by atoms with Crippen molar-refractivity contribution >= 4 is 0 Å². The molecule has 18 heavy (non-hydrogen) atoms. The molecule has 0 amide bonds. The van der Waals surface area contributed by atoms with Crippen molar-refractivity contribution in [1.29, 1.82) is 0 Å². The van der Waals surface area contributed by atoms with Crippen molar-refractivity contribution in [3.8, 4) is 0 Å². The monoisotopic (exact) mass is 243 g/mol. The predicted octanol–water partition coefficient (Wildman–Crippen LogP) is 4.33. The van der Waals surface area contributed by atoms with Crippen LogP contribution in [0.1, 0.15) is 68.9 Å². The van der Waals surface area contributed by atoms with E-state index in [1.165, 1.54) is 57.1 Å².